The highest BCUT2D eigenvalue weighted by Gasteiger charge is 2.27. The first-order valence-corrected chi connectivity index (χ1v) is 9.32. The predicted octanol–water partition coefficient (Wildman–Crippen LogP) is 1.66. The van der Waals surface area contributed by atoms with Gasteiger partial charge < -0.3 is 10.1 Å². The van der Waals surface area contributed by atoms with Gasteiger partial charge in [0.05, 0.1) is 30.0 Å². The first kappa shape index (κ1) is 17.5. The van der Waals surface area contributed by atoms with Crippen LogP contribution in [-0.2, 0) is 14.8 Å². The standard InChI is InChI=1S/C17H19N3O4S/c1-13-4-5-15(25(22,23)20-7-9-24-10-8-20)11-16(13)17(21)19-14-3-2-6-18-12-14/h2-6,11-12H,7-10H2,1H3,(H,19,21). The Morgan fingerprint density at radius 1 is 1.24 bits per heavy atom. The number of hydrogen-bond donors (Lipinski definition) is 1. The quantitative estimate of drug-likeness (QED) is 0.895. The van der Waals surface area contributed by atoms with Gasteiger partial charge in [-0.05, 0) is 36.8 Å². The van der Waals surface area contributed by atoms with Crippen LogP contribution in [0.3, 0.4) is 0 Å². The first-order valence-electron chi connectivity index (χ1n) is 7.88. The van der Waals surface area contributed by atoms with E-state index >= 15 is 0 Å². The van der Waals surface area contributed by atoms with Gasteiger partial charge in [-0.1, -0.05) is 6.07 Å². The van der Waals surface area contributed by atoms with Crippen LogP contribution in [0.5, 0.6) is 0 Å². The maximum Gasteiger partial charge on any atom is 0.256 e. The Kier molecular flexibility index (Phi) is 5.12. The Labute approximate surface area is 146 Å². The number of sulfonamides is 1. The van der Waals surface area contributed by atoms with Crippen molar-refractivity contribution in [1.82, 2.24) is 9.29 Å². The van der Waals surface area contributed by atoms with Crippen LogP contribution in [0.4, 0.5) is 5.69 Å². The van der Waals surface area contributed by atoms with E-state index in [1.807, 2.05) is 0 Å². The summed E-state index contributed by atoms with van der Waals surface area (Å²) in [5.74, 6) is -0.371. The molecule has 2 aromatic rings. The lowest BCUT2D eigenvalue weighted by Crippen LogP contribution is -2.40. The highest BCUT2D eigenvalue weighted by molar-refractivity contribution is 7.89. The minimum Gasteiger partial charge on any atom is -0.379 e. The van der Waals surface area contributed by atoms with Crippen molar-refractivity contribution in [2.24, 2.45) is 0 Å². The minimum absolute atomic E-state index is 0.108. The fourth-order valence-electron chi connectivity index (χ4n) is 2.58. The van der Waals surface area contributed by atoms with Crippen molar-refractivity contribution >= 4 is 21.6 Å². The number of amides is 1. The molecular weight excluding hydrogens is 342 g/mol. The highest BCUT2D eigenvalue weighted by atomic mass is 32.2. The van der Waals surface area contributed by atoms with Crippen molar-refractivity contribution in [3.8, 4) is 0 Å². The normalized spacial score (nSPS) is 15.7. The Hall–Kier alpha value is -2.29. The van der Waals surface area contributed by atoms with Crippen LogP contribution >= 0.6 is 0 Å². The first-order chi connectivity index (χ1) is 12.0. The number of hydrogen-bond acceptors (Lipinski definition) is 5. The lowest BCUT2D eigenvalue weighted by atomic mass is 10.1. The van der Waals surface area contributed by atoms with Crippen LogP contribution in [-0.4, -0.2) is 49.9 Å². The molecule has 1 aromatic heterocycles. The van der Waals surface area contributed by atoms with E-state index in [0.29, 0.717) is 43.1 Å². The predicted molar refractivity (Wildman–Crippen MR) is 92.9 cm³/mol. The van der Waals surface area contributed by atoms with Gasteiger partial charge in [0.2, 0.25) is 10.0 Å². The Bertz CT molecular complexity index is 863. The summed E-state index contributed by atoms with van der Waals surface area (Å²) >= 11 is 0. The van der Waals surface area contributed by atoms with E-state index in [4.69, 9.17) is 4.74 Å². The largest absolute Gasteiger partial charge is 0.379 e. The molecule has 1 aliphatic heterocycles. The van der Waals surface area contributed by atoms with Crippen molar-refractivity contribution in [2.75, 3.05) is 31.6 Å². The fraction of sp³-hybridized carbons (Fsp3) is 0.294. The molecule has 7 nitrogen and oxygen atoms in total. The molecule has 1 N–H and O–H groups in total. The fourth-order valence-corrected chi connectivity index (χ4v) is 4.01. The molecule has 0 bridgehead atoms. The summed E-state index contributed by atoms with van der Waals surface area (Å²) in [6, 6.07) is 8.02. The van der Waals surface area contributed by atoms with Crippen molar-refractivity contribution in [3.63, 3.8) is 0 Å². The van der Waals surface area contributed by atoms with Crippen LogP contribution in [0.1, 0.15) is 15.9 Å². The maximum atomic E-state index is 12.8. The van der Waals surface area contributed by atoms with Gasteiger partial charge in [-0.15, -0.1) is 0 Å². The van der Waals surface area contributed by atoms with E-state index in [1.54, 1.807) is 31.3 Å². The van der Waals surface area contributed by atoms with Crippen LogP contribution < -0.4 is 5.32 Å². The zero-order valence-corrected chi connectivity index (χ0v) is 14.6. The molecule has 0 spiro atoms. The summed E-state index contributed by atoms with van der Waals surface area (Å²) in [7, 11) is -3.65. The second-order valence-electron chi connectivity index (χ2n) is 5.69. The number of carbonyl (C=O) groups is 1. The number of morpholine rings is 1. The van der Waals surface area contributed by atoms with Gasteiger partial charge in [-0.3, -0.25) is 9.78 Å². The summed E-state index contributed by atoms with van der Waals surface area (Å²) in [6.45, 7) is 3.14. The van der Waals surface area contributed by atoms with Gasteiger partial charge in [-0.2, -0.15) is 4.31 Å². The molecule has 8 heteroatoms. The van der Waals surface area contributed by atoms with Gasteiger partial charge >= 0.3 is 0 Å². The smallest absolute Gasteiger partial charge is 0.256 e. The maximum absolute atomic E-state index is 12.8. The highest BCUT2D eigenvalue weighted by Crippen LogP contribution is 2.21. The third-order valence-electron chi connectivity index (χ3n) is 3.98. The number of aryl methyl sites for hydroxylation is 1. The van der Waals surface area contributed by atoms with Crippen molar-refractivity contribution < 1.29 is 17.9 Å². The number of anilines is 1. The van der Waals surface area contributed by atoms with Crippen LogP contribution in [0.25, 0.3) is 0 Å². The van der Waals surface area contributed by atoms with Crippen molar-refractivity contribution in [1.29, 1.82) is 0 Å². The van der Waals surface area contributed by atoms with Crippen molar-refractivity contribution in [2.45, 2.75) is 11.8 Å². The molecule has 1 fully saturated rings. The third kappa shape index (κ3) is 3.87. The molecule has 1 aliphatic rings. The summed E-state index contributed by atoms with van der Waals surface area (Å²) in [4.78, 5) is 16.6. The van der Waals surface area contributed by atoms with Gasteiger partial charge in [0, 0.05) is 24.8 Å². The molecule has 1 amide bonds. The molecule has 1 aromatic carbocycles. The summed E-state index contributed by atoms with van der Waals surface area (Å²) in [6.07, 6.45) is 3.14. The second kappa shape index (κ2) is 7.30. The van der Waals surface area contributed by atoms with Gasteiger partial charge in [-0.25, -0.2) is 8.42 Å². The molecule has 0 saturated carbocycles. The monoisotopic (exact) mass is 361 g/mol. The minimum atomic E-state index is -3.65. The van der Waals surface area contributed by atoms with Crippen LogP contribution in [0.15, 0.2) is 47.6 Å². The molecule has 0 radical (unpaired) electrons. The number of carbonyl (C=O) groups excluding carboxylic acids is 1. The van der Waals surface area contributed by atoms with Gasteiger partial charge in [0.25, 0.3) is 5.91 Å². The second-order valence-corrected chi connectivity index (χ2v) is 7.63. The lowest BCUT2D eigenvalue weighted by Gasteiger charge is -2.26. The zero-order valence-electron chi connectivity index (χ0n) is 13.8. The Balaban J connectivity index is 1.88. The number of nitrogens with one attached hydrogen (secondary N) is 1. The SMILES string of the molecule is Cc1ccc(S(=O)(=O)N2CCOCC2)cc1C(=O)Nc1cccnc1. The van der Waals surface area contributed by atoms with Gasteiger partial charge in [0.15, 0.2) is 0 Å². The van der Waals surface area contributed by atoms with E-state index < -0.39 is 10.0 Å². The topological polar surface area (TPSA) is 88.6 Å². The van der Waals surface area contributed by atoms with Crippen LogP contribution in [0, 0.1) is 6.92 Å². The third-order valence-corrected chi connectivity index (χ3v) is 5.88. The molecule has 0 aliphatic carbocycles. The molecule has 0 atom stereocenters. The van der Waals surface area contributed by atoms with Crippen LogP contribution in [0.2, 0.25) is 0 Å². The average Bonchev–Trinajstić information content (AvgIpc) is 2.63. The average molecular weight is 361 g/mol. The Morgan fingerprint density at radius 3 is 2.68 bits per heavy atom. The lowest BCUT2D eigenvalue weighted by molar-refractivity contribution is 0.0730. The molecule has 0 unspecified atom stereocenters. The molecular formula is C17H19N3O4S. The number of aromatic nitrogens is 1. The zero-order chi connectivity index (χ0) is 17.9. The van der Waals surface area contributed by atoms with E-state index in [9.17, 15) is 13.2 Å². The van der Waals surface area contributed by atoms with E-state index in [1.165, 1.54) is 22.6 Å². The number of pyridine rings is 1. The molecule has 1 saturated heterocycles. The number of nitrogens with zero attached hydrogens (tertiary/aromatic N) is 2. The summed E-state index contributed by atoms with van der Waals surface area (Å²) < 4.78 is 32.1. The number of ether oxygens (including phenoxy) is 1. The van der Waals surface area contributed by atoms with Crippen molar-refractivity contribution in [3.05, 3.63) is 53.9 Å². The van der Waals surface area contributed by atoms with E-state index in [-0.39, 0.29) is 10.8 Å². The van der Waals surface area contributed by atoms with E-state index in [0.717, 1.165) is 0 Å². The summed E-state index contributed by atoms with van der Waals surface area (Å²) in [5.41, 5.74) is 1.56. The molecule has 132 valence electrons. The number of rotatable bonds is 4. The molecule has 25 heavy (non-hydrogen) atoms. The Morgan fingerprint density at radius 2 is 2.00 bits per heavy atom. The van der Waals surface area contributed by atoms with E-state index in [2.05, 4.69) is 10.3 Å². The van der Waals surface area contributed by atoms with Gasteiger partial charge in [0.1, 0.15) is 0 Å². The molecule has 2 heterocycles. The summed E-state index contributed by atoms with van der Waals surface area (Å²) in [5, 5.41) is 2.73. The number of benzene rings is 1. The molecule has 3 rings (SSSR count).